The van der Waals surface area contributed by atoms with E-state index in [-0.39, 0.29) is 5.78 Å². The largest absolute Gasteiger partial charge is 0.455 e. The quantitative estimate of drug-likeness (QED) is 0.0913. The molecule has 0 aliphatic rings. The summed E-state index contributed by atoms with van der Waals surface area (Å²) in [5.41, 5.74) is 10.7. The Morgan fingerprint density at radius 1 is 0.625 bits per heavy atom. The molecule has 0 saturated carbocycles. The van der Waals surface area contributed by atoms with Crippen molar-refractivity contribution in [3.8, 4) is 22.3 Å². The zero-order valence-electron chi connectivity index (χ0n) is 27.1. The molecule has 0 aliphatic carbocycles. The summed E-state index contributed by atoms with van der Waals surface area (Å²) in [5.74, 6) is -0.0554. The van der Waals surface area contributed by atoms with Gasteiger partial charge in [-0.3, -0.25) is 4.79 Å². The molecule has 0 aliphatic heterocycles. The molecule has 7 aromatic rings. The zero-order valence-corrected chi connectivity index (χ0v) is 27.1. The van der Waals surface area contributed by atoms with Crippen molar-refractivity contribution in [2.24, 2.45) is 0 Å². The number of carbonyl (C=O) groups excluding carboxylic acids is 1. The fourth-order valence-corrected chi connectivity index (χ4v) is 6.34. The third-order valence-electron chi connectivity index (χ3n) is 8.81. The summed E-state index contributed by atoms with van der Waals surface area (Å²) in [5, 5.41) is 2.20. The van der Waals surface area contributed by atoms with Crippen LogP contribution in [0.1, 0.15) is 24.2 Å². The van der Waals surface area contributed by atoms with Crippen molar-refractivity contribution < 1.29 is 9.21 Å². The van der Waals surface area contributed by atoms with Crippen molar-refractivity contribution in [2.45, 2.75) is 13.8 Å². The van der Waals surface area contributed by atoms with Crippen molar-refractivity contribution in [1.29, 1.82) is 0 Å². The molecule has 0 saturated heterocycles. The summed E-state index contributed by atoms with van der Waals surface area (Å²) in [4.78, 5) is 16.4. The van der Waals surface area contributed by atoms with Gasteiger partial charge < -0.3 is 9.32 Å². The van der Waals surface area contributed by atoms with Gasteiger partial charge in [0.1, 0.15) is 11.2 Å². The number of rotatable bonds is 9. The van der Waals surface area contributed by atoms with Crippen LogP contribution in [0.25, 0.3) is 44.2 Å². The number of fused-ring (bicyclic) bond motifs is 3. The monoisotopic (exact) mass is 621 g/mol. The van der Waals surface area contributed by atoms with Crippen LogP contribution in [0.15, 0.2) is 192 Å². The average molecular weight is 622 g/mol. The van der Waals surface area contributed by atoms with Gasteiger partial charge in [-0.25, -0.2) is 0 Å². The van der Waals surface area contributed by atoms with Crippen molar-refractivity contribution in [3.63, 3.8) is 0 Å². The molecule has 3 nitrogen and oxygen atoms in total. The Balaban J connectivity index is 1.36. The molecule has 232 valence electrons. The molecule has 0 unspecified atom stereocenters. The van der Waals surface area contributed by atoms with Crippen molar-refractivity contribution in [2.75, 3.05) is 4.90 Å². The maximum absolute atomic E-state index is 14.2. The third-order valence-corrected chi connectivity index (χ3v) is 8.81. The summed E-state index contributed by atoms with van der Waals surface area (Å²) in [6, 6.07) is 51.2. The van der Waals surface area contributed by atoms with Gasteiger partial charge >= 0.3 is 0 Å². The number of para-hydroxylation sites is 2. The fraction of sp³-hybridized carbons (Fsp3) is 0.0444. The minimum Gasteiger partial charge on any atom is -0.455 e. The van der Waals surface area contributed by atoms with Crippen molar-refractivity contribution in [1.82, 2.24) is 0 Å². The van der Waals surface area contributed by atoms with E-state index in [1.807, 2.05) is 86.7 Å². The molecule has 48 heavy (non-hydrogen) atoms. The Kier molecular flexibility index (Phi) is 8.42. The number of furan rings is 1. The maximum atomic E-state index is 14.2. The lowest BCUT2D eigenvalue weighted by molar-refractivity contribution is 0.103. The number of ketones is 1. The molecule has 0 atom stereocenters. The number of hydrogen-bond donors (Lipinski definition) is 0. The van der Waals surface area contributed by atoms with Gasteiger partial charge in [0.05, 0.1) is 5.70 Å². The Bertz CT molecular complexity index is 2310. The van der Waals surface area contributed by atoms with Crippen LogP contribution in [0.2, 0.25) is 0 Å². The molecule has 7 rings (SSSR count). The average Bonchev–Trinajstić information content (AvgIpc) is 3.54. The highest BCUT2D eigenvalue weighted by molar-refractivity contribution is 6.13. The predicted molar refractivity (Wildman–Crippen MR) is 201 cm³/mol. The first-order chi connectivity index (χ1) is 23.6. The number of Topliss-reactive ketones (excluding diaryl/α,β-unsaturated/α-hetero) is 1. The predicted octanol–water partition coefficient (Wildman–Crippen LogP) is 12.3. The van der Waals surface area contributed by atoms with E-state index in [4.69, 9.17) is 4.42 Å². The minimum absolute atomic E-state index is 0.0554. The first-order valence-corrected chi connectivity index (χ1v) is 16.1. The van der Waals surface area contributed by atoms with Crippen molar-refractivity contribution >= 4 is 39.1 Å². The lowest BCUT2D eigenvalue weighted by Gasteiger charge is -2.30. The first kappa shape index (κ1) is 30.5. The Morgan fingerprint density at radius 3 is 1.83 bits per heavy atom. The second-order valence-corrected chi connectivity index (χ2v) is 11.7. The highest BCUT2D eigenvalue weighted by Crippen LogP contribution is 2.40. The van der Waals surface area contributed by atoms with Gasteiger partial charge in [-0.15, -0.1) is 0 Å². The van der Waals surface area contributed by atoms with Gasteiger partial charge in [0.2, 0.25) is 0 Å². The van der Waals surface area contributed by atoms with Crippen LogP contribution in [0.3, 0.4) is 0 Å². The standard InChI is InChI=1S/C45H35NO2/c1-4-31(3)43(44(47)35-17-10-7-11-18-35)41(5-2)46(36-27-23-33(24-28-36)32-15-8-6-9-16-32)37-29-25-34(26-30-37)38-20-14-21-40-39-19-12-13-22-42(39)48-45(38)40/h4-30H,1H2,2-3H3/b41-5+,43-31+. The number of hydrogen-bond acceptors (Lipinski definition) is 3. The summed E-state index contributed by atoms with van der Waals surface area (Å²) < 4.78 is 6.35. The van der Waals surface area contributed by atoms with Gasteiger partial charge in [0.15, 0.2) is 5.78 Å². The summed E-state index contributed by atoms with van der Waals surface area (Å²) >= 11 is 0. The number of allylic oxidation sites excluding steroid dienone is 4. The molecule has 0 fully saturated rings. The maximum Gasteiger partial charge on any atom is 0.195 e. The molecule has 1 aromatic heterocycles. The fourth-order valence-electron chi connectivity index (χ4n) is 6.34. The molecule has 0 radical (unpaired) electrons. The van der Waals surface area contributed by atoms with Gasteiger partial charge in [0, 0.05) is 38.8 Å². The summed E-state index contributed by atoms with van der Waals surface area (Å²) in [7, 11) is 0. The van der Waals surface area contributed by atoms with Gasteiger partial charge in [-0.2, -0.15) is 0 Å². The van der Waals surface area contributed by atoms with Crippen LogP contribution in [0, 0.1) is 0 Å². The Labute approximate surface area is 281 Å². The summed E-state index contributed by atoms with van der Waals surface area (Å²) in [6.07, 6.45) is 3.77. The molecular weight excluding hydrogens is 587 g/mol. The lowest BCUT2D eigenvalue weighted by atomic mass is 9.94. The van der Waals surface area contributed by atoms with Crippen LogP contribution in [0.5, 0.6) is 0 Å². The van der Waals surface area contributed by atoms with E-state index in [0.29, 0.717) is 11.1 Å². The highest BCUT2D eigenvalue weighted by Gasteiger charge is 2.25. The molecule has 0 bridgehead atoms. The van der Waals surface area contributed by atoms with E-state index < -0.39 is 0 Å². The molecule has 0 amide bonds. The summed E-state index contributed by atoms with van der Waals surface area (Å²) in [6.45, 7) is 7.97. The SMILES string of the molecule is C=C/C(C)=C(C(=O)c1ccccc1)\C(=C/C)N(c1ccc(-c2ccccc2)cc1)c1ccc(-c2cccc3c2oc2ccccc23)cc1. The van der Waals surface area contributed by atoms with E-state index in [1.165, 1.54) is 0 Å². The normalized spacial score (nSPS) is 12.2. The Morgan fingerprint density at radius 2 is 1.19 bits per heavy atom. The van der Waals surface area contributed by atoms with Crippen LogP contribution in [0.4, 0.5) is 11.4 Å². The van der Waals surface area contributed by atoms with E-state index in [0.717, 1.165) is 66.8 Å². The Hall–Kier alpha value is -6.19. The molecule has 0 N–H and O–H groups in total. The molecule has 0 spiro atoms. The van der Waals surface area contributed by atoms with Gasteiger partial charge in [-0.1, -0.05) is 140 Å². The van der Waals surface area contributed by atoms with Gasteiger partial charge in [0.25, 0.3) is 0 Å². The molecule has 1 heterocycles. The molecule has 3 heteroatoms. The van der Waals surface area contributed by atoms with E-state index in [1.54, 1.807) is 6.08 Å². The number of benzene rings is 6. The highest BCUT2D eigenvalue weighted by atomic mass is 16.3. The van der Waals surface area contributed by atoms with Crippen LogP contribution < -0.4 is 4.90 Å². The van der Waals surface area contributed by atoms with E-state index in [9.17, 15) is 4.79 Å². The van der Waals surface area contributed by atoms with Crippen LogP contribution in [-0.2, 0) is 0 Å². The molecule has 6 aromatic carbocycles. The second kappa shape index (κ2) is 13.3. The van der Waals surface area contributed by atoms with Crippen LogP contribution >= 0.6 is 0 Å². The minimum atomic E-state index is -0.0554. The smallest absolute Gasteiger partial charge is 0.195 e. The number of anilines is 2. The number of nitrogens with zero attached hydrogens (tertiary/aromatic N) is 1. The zero-order chi connectivity index (χ0) is 33.0. The van der Waals surface area contributed by atoms with Crippen LogP contribution in [-0.4, -0.2) is 5.78 Å². The second-order valence-electron chi connectivity index (χ2n) is 11.7. The topological polar surface area (TPSA) is 33.5 Å². The third kappa shape index (κ3) is 5.67. The number of carbonyl (C=O) groups is 1. The van der Waals surface area contributed by atoms with Crippen molar-refractivity contribution in [3.05, 3.63) is 193 Å². The van der Waals surface area contributed by atoms with E-state index in [2.05, 4.69) is 96.4 Å². The van der Waals surface area contributed by atoms with E-state index >= 15 is 0 Å². The van der Waals surface area contributed by atoms with Gasteiger partial charge in [-0.05, 0) is 66.4 Å². The molecular formula is C45H35NO2. The first-order valence-electron chi connectivity index (χ1n) is 16.1. The lowest BCUT2D eigenvalue weighted by Crippen LogP contribution is -2.22.